The van der Waals surface area contributed by atoms with Gasteiger partial charge in [-0.25, -0.2) is 4.98 Å². The number of amides is 1. The minimum absolute atomic E-state index is 0.0154. The molecule has 0 fully saturated rings. The van der Waals surface area contributed by atoms with Crippen LogP contribution in [0, 0.1) is 5.41 Å². The quantitative estimate of drug-likeness (QED) is 0.575. The zero-order chi connectivity index (χ0) is 24.3. The number of imidazole rings is 1. The van der Waals surface area contributed by atoms with Gasteiger partial charge in [0.15, 0.2) is 11.2 Å². The van der Waals surface area contributed by atoms with E-state index < -0.39 is 12.1 Å². The van der Waals surface area contributed by atoms with Gasteiger partial charge >= 0.3 is 17.9 Å². The number of hydrogen-bond acceptors (Lipinski definition) is 3. The van der Waals surface area contributed by atoms with Crippen molar-refractivity contribution >= 4 is 29.0 Å². The van der Waals surface area contributed by atoms with E-state index in [1.165, 1.54) is 0 Å². The molecule has 1 unspecified atom stereocenters. The van der Waals surface area contributed by atoms with Gasteiger partial charge in [0.05, 0.1) is 6.20 Å². The van der Waals surface area contributed by atoms with Crippen LogP contribution in [0.15, 0.2) is 48.7 Å². The van der Waals surface area contributed by atoms with Crippen LogP contribution in [0.3, 0.4) is 0 Å². The van der Waals surface area contributed by atoms with E-state index in [-0.39, 0.29) is 17.4 Å². The SMILES string of the molecule is CC(NC(=O)c1[nH]c(-c2cccc(Cl)c2)c2cccc[n+]12)C(C)(C)C.O=C([O-])C(F)(F)F. The molecule has 0 saturated heterocycles. The van der Waals surface area contributed by atoms with Crippen molar-refractivity contribution in [2.75, 3.05) is 0 Å². The molecule has 0 aliphatic heterocycles. The van der Waals surface area contributed by atoms with Crippen LogP contribution in [0.5, 0.6) is 0 Å². The van der Waals surface area contributed by atoms with E-state index in [1.807, 2.05) is 60.0 Å². The molecular formula is C22H23ClF3N3O3. The van der Waals surface area contributed by atoms with Gasteiger partial charge in [-0.05, 0) is 36.6 Å². The van der Waals surface area contributed by atoms with Crippen LogP contribution in [0.1, 0.15) is 38.3 Å². The lowest BCUT2D eigenvalue weighted by atomic mass is 9.88. The number of hydrogen-bond donors (Lipinski definition) is 2. The van der Waals surface area contributed by atoms with Gasteiger partial charge in [0.2, 0.25) is 0 Å². The molecule has 0 radical (unpaired) electrons. The number of aromatic nitrogens is 2. The van der Waals surface area contributed by atoms with Gasteiger partial charge in [-0.1, -0.05) is 50.6 Å². The average Bonchev–Trinajstić information content (AvgIpc) is 3.07. The summed E-state index contributed by atoms with van der Waals surface area (Å²) in [7, 11) is 0. The van der Waals surface area contributed by atoms with Gasteiger partial charge in [-0.3, -0.25) is 4.79 Å². The first-order chi connectivity index (χ1) is 14.7. The highest BCUT2D eigenvalue weighted by Crippen LogP contribution is 2.25. The third-order valence-corrected chi connectivity index (χ3v) is 5.04. The Morgan fingerprint density at radius 3 is 2.28 bits per heavy atom. The largest absolute Gasteiger partial charge is 0.542 e. The van der Waals surface area contributed by atoms with Crippen LogP contribution in [0.2, 0.25) is 5.02 Å². The normalized spacial score (nSPS) is 12.6. The maximum absolute atomic E-state index is 12.8. The minimum Gasteiger partial charge on any atom is -0.542 e. The fourth-order valence-corrected chi connectivity index (χ4v) is 2.79. The number of nitrogens with one attached hydrogen (secondary N) is 2. The van der Waals surface area contributed by atoms with Crippen molar-refractivity contribution in [2.24, 2.45) is 5.41 Å². The maximum Gasteiger partial charge on any atom is 0.430 e. The van der Waals surface area contributed by atoms with Crippen LogP contribution in [-0.2, 0) is 4.79 Å². The standard InChI is InChI=1S/C20H22ClN3O.C2HF3O2/c1-13(20(2,3)4)22-19(25)18-23-17(14-8-7-9-15(21)12-14)16-10-5-6-11-24(16)18;3-2(4,5)1(6)7/h5-13H,1-4H3,(H,22,25);(H,6,7). The number of fused-ring (bicyclic) bond motifs is 1. The molecule has 32 heavy (non-hydrogen) atoms. The van der Waals surface area contributed by atoms with Crippen LogP contribution < -0.4 is 14.8 Å². The number of carbonyl (C=O) groups is 2. The molecule has 0 saturated carbocycles. The zero-order valence-corrected chi connectivity index (χ0v) is 18.6. The monoisotopic (exact) mass is 469 g/mol. The first-order valence-corrected chi connectivity index (χ1v) is 9.97. The molecule has 1 aromatic carbocycles. The molecule has 2 aromatic heterocycles. The lowest BCUT2D eigenvalue weighted by molar-refractivity contribution is -0.514. The summed E-state index contributed by atoms with van der Waals surface area (Å²) >= 11 is 6.13. The molecular weight excluding hydrogens is 447 g/mol. The van der Waals surface area contributed by atoms with E-state index in [4.69, 9.17) is 21.5 Å². The fraction of sp³-hybridized carbons (Fsp3) is 0.318. The fourth-order valence-electron chi connectivity index (χ4n) is 2.60. The Morgan fingerprint density at radius 1 is 1.12 bits per heavy atom. The van der Waals surface area contributed by atoms with Crippen LogP contribution >= 0.6 is 11.6 Å². The van der Waals surface area contributed by atoms with Crippen LogP contribution in [0.25, 0.3) is 16.8 Å². The number of carboxylic acids is 1. The molecule has 0 bridgehead atoms. The number of alkyl halides is 3. The Balaban J connectivity index is 0.000000451. The molecule has 2 N–H and O–H groups in total. The molecule has 172 valence electrons. The van der Waals surface area contributed by atoms with Crippen LogP contribution in [0.4, 0.5) is 13.2 Å². The summed E-state index contributed by atoms with van der Waals surface area (Å²) in [4.78, 5) is 24.9. The van der Waals surface area contributed by atoms with E-state index in [1.54, 1.807) is 0 Å². The second-order valence-electron chi connectivity index (χ2n) is 8.16. The Morgan fingerprint density at radius 2 is 1.75 bits per heavy atom. The molecule has 0 aliphatic rings. The van der Waals surface area contributed by atoms with Crippen molar-refractivity contribution in [3.8, 4) is 11.3 Å². The van der Waals surface area contributed by atoms with E-state index in [0.717, 1.165) is 16.8 Å². The molecule has 0 spiro atoms. The first kappa shape index (κ1) is 25.2. The lowest BCUT2D eigenvalue weighted by Gasteiger charge is -2.27. The summed E-state index contributed by atoms with van der Waals surface area (Å²) in [5.41, 5.74) is 2.73. The highest BCUT2D eigenvalue weighted by molar-refractivity contribution is 6.30. The summed E-state index contributed by atoms with van der Waals surface area (Å²) in [5.74, 6) is -2.63. The topological polar surface area (TPSA) is 89.1 Å². The van der Waals surface area contributed by atoms with Gasteiger partial charge in [0.25, 0.3) is 0 Å². The number of nitrogens with zero attached hydrogens (tertiary/aromatic N) is 1. The van der Waals surface area contributed by atoms with Gasteiger partial charge in [-0.2, -0.15) is 17.6 Å². The summed E-state index contributed by atoms with van der Waals surface area (Å²) in [6.45, 7) is 8.34. The molecule has 2 heterocycles. The Bertz CT molecular complexity index is 1120. The summed E-state index contributed by atoms with van der Waals surface area (Å²) in [6.07, 6.45) is -3.31. The first-order valence-electron chi connectivity index (χ1n) is 9.59. The summed E-state index contributed by atoms with van der Waals surface area (Å²) in [6, 6.07) is 13.5. The second-order valence-corrected chi connectivity index (χ2v) is 8.60. The molecule has 6 nitrogen and oxygen atoms in total. The number of aliphatic carboxylic acids is 1. The van der Waals surface area contributed by atoms with Crippen molar-refractivity contribution in [3.05, 3.63) is 59.5 Å². The Hall–Kier alpha value is -3.07. The van der Waals surface area contributed by atoms with E-state index in [9.17, 15) is 18.0 Å². The predicted octanol–water partition coefficient (Wildman–Crippen LogP) is 3.54. The minimum atomic E-state index is -5.19. The smallest absolute Gasteiger partial charge is 0.430 e. The summed E-state index contributed by atoms with van der Waals surface area (Å²) in [5, 5.41) is 12.5. The van der Waals surface area contributed by atoms with Gasteiger partial charge in [0, 0.05) is 16.6 Å². The van der Waals surface area contributed by atoms with Crippen molar-refractivity contribution in [1.82, 2.24) is 10.3 Å². The number of carbonyl (C=O) groups excluding carboxylic acids is 2. The molecule has 3 aromatic rings. The van der Waals surface area contributed by atoms with Crippen molar-refractivity contribution in [2.45, 2.75) is 39.9 Å². The highest BCUT2D eigenvalue weighted by Gasteiger charge is 2.30. The van der Waals surface area contributed by atoms with Crippen molar-refractivity contribution in [1.29, 1.82) is 0 Å². The lowest BCUT2D eigenvalue weighted by Crippen LogP contribution is -2.44. The number of aromatic amines is 1. The molecule has 10 heteroatoms. The highest BCUT2D eigenvalue weighted by atomic mass is 35.5. The molecule has 1 atom stereocenters. The van der Waals surface area contributed by atoms with Gasteiger partial charge < -0.3 is 15.2 Å². The van der Waals surface area contributed by atoms with Crippen molar-refractivity contribution in [3.63, 3.8) is 0 Å². The third-order valence-electron chi connectivity index (χ3n) is 4.81. The van der Waals surface area contributed by atoms with Crippen LogP contribution in [-0.4, -0.2) is 29.1 Å². The molecule has 3 rings (SSSR count). The summed E-state index contributed by atoms with van der Waals surface area (Å²) < 4.78 is 33.4. The molecule has 1 amide bonds. The number of benzene rings is 1. The number of H-pyrrole nitrogens is 1. The zero-order valence-electron chi connectivity index (χ0n) is 17.9. The van der Waals surface area contributed by atoms with E-state index in [0.29, 0.717) is 10.8 Å². The van der Waals surface area contributed by atoms with Gasteiger partial charge in [0.1, 0.15) is 5.97 Å². The van der Waals surface area contributed by atoms with E-state index in [2.05, 4.69) is 31.1 Å². The number of halogens is 4. The number of rotatable bonds is 3. The Labute approximate surface area is 188 Å². The van der Waals surface area contributed by atoms with Crippen molar-refractivity contribution < 1.29 is 32.3 Å². The maximum atomic E-state index is 12.8. The number of carboxylic acid groups (broad SMARTS) is 1. The van der Waals surface area contributed by atoms with E-state index >= 15 is 0 Å². The molecule has 0 aliphatic carbocycles. The third kappa shape index (κ3) is 6.23. The second kappa shape index (κ2) is 9.60. The van der Waals surface area contributed by atoms with Gasteiger partial charge in [-0.15, -0.1) is 0 Å². The number of pyridine rings is 1. The Kier molecular flexibility index (Phi) is 7.56. The average molecular weight is 470 g/mol. The predicted molar refractivity (Wildman–Crippen MR) is 112 cm³/mol.